The maximum absolute atomic E-state index is 16.2. The highest BCUT2D eigenvalue weighted by Gasteiger charge is 2.52. The lowest BCUT2D eigenvalue weighted by molar-refractivity contribution is 0.00578. The van der Waals surface area contributed by atoms with Crippen LogP contribution in [0, 0.1) is 12.7 Å². The van der Waals surface area contributed by atoms with Crippen molar-refractivity contribution in [3.8, 4) is 0 Å². The first-order valence-electron chi connectivity index (χ1n) is 15.1. The molecule has 0 spiro atoms. The zero-order valence-electron chi connectivity index (χ0n) is 27.1. The maximum atomic E-state index is 16.2. The summed E-state index contributed by atoms with van der Waals surface area (Å²) in [6.45, 7) is 17.9. The largest absolute Gasteiger partial charge is 0.494 e. The first kappa shape index (κ1) is 30.7. The molecule has 1 saturated heterocycles. The van der Waals surface area contributed by atoms with E-state index in [2.05, 4.69) is 29.7 Å². The van der Waals surface area contributed by atoms with E-state index in [1.54, 1.807) is 29.0 Å². The van der Waals surface area contributed by atoms with Crippen LogP contribution >= 0.6 is 0 Å². The molecule has 2 aromatic heterocycles. The number of rotatable bonds is 8. The number of fused-ring (bicyclic) bond motifs is 2. The fourth-order valence-electron chi connectivity index (χ4n) is 5.77. The summed E-state index contributed by atoms with van der Waals surface area (Å²) in [6.07, 6.45) is 1.75. The van der Waals surface area contributed by atoms with Gasteiger partial charge in [0, 0.05) is 44.2 Å². The Balaban J connectivity index is 1.34. The van der Waals surface area contributed by atoms with Gasteiger partial charge in [-0.2, -0.15) is 5.10 Å². The molecule has 1 fully saturated rings. The monoisotopic (exact) mass is 617 g/mol. The number of aromatic nitrogens is 4. The van der Waals surface area contributed by atoms with Crippen LogP contribution in [0.4, 0.5) is 10.1 Å². The van der Waals surface area contributed by atoms with Crippen molar-refractivity contribution in [2.45, 2.75) is 84.3 Å². The molecule has 0 N–H and O–H groups in total. The first-order chi connectivity index (χ1) is 20.6. The highest BCUT2D eigenvalue weighted by molar-refractivity contribution is 6.76. The zero-order chi connectivity index (χ0) is 31.8. The number of carbonyl (C=O) groups is 1. The van der Waals surface area contributed by atoms with Crippen molar-refractivity contribution >= 4 is 43.3 Å². The number of hydrogen-bond acceptors (Lipinski definition) is 6. The third-order valence-electron chi connectivity index (χ3n) is 9.29. The molecular weight excluding hydrogens is 576 g/mol. The summed E-state index contributed by atoms with van der Waals surface area (Å²) in [7, 11) is -0.0852. The Kier molecular flexibility index (Phi) is 7.43. The van der Waals surface area contributed by atoms with E-state index < -0.39 is 38.3 Å². The topological polar surface area (TPSA) is 83.6 Å². The summed E-state index contributed by atoms with van der Waals surface area (Å²) in [5.41, 5.74) is 3.92. The number of nitrogens with zero attached hydrogens (tertiary/aromatic N) is 5. The predicted octanol–water partition coefficient (Wildman–Crippen LogP) is 5.58. The van der Waals surface area contributed by atoms with Crippen molar-refractivity contribution in [3.05, 3.63) is 71.1 Å². The predicted molar refractivity (Wildman–Crippen MR) is 173 cm³/mol. The Labute approximate surface area is 259 Å². The van der Waals surface area contributed by atoms with Crippen LogP contribution in [0.15, 0.2) is 42.7 Å². The number of imidazole rings is 1. The highest BCUT2D eigenvalue weighted by Crippen LogP contribution is 2.44. The Morgan fingerprint density at radius 1 is 1.07 bits per heavy atom. The third-order valence-corrected chi connectivity index (χ3v) is 11.0. The van der Waals surface area contributed by atoms with Gasteiger partial charge in [-0.05, 0) is 70.4 Å². The van der Waals surface area contributed by atoms with Crippen LogP contribution in [0.5, 0.6) is 0 Å². The molecule has 12 heteroatoms. The molecule has 232 valence electrons. The van der Waals surface area contributed by atoms with Crippen molar-refractivity contribution in [1.82, 2.24) is 19.3 Å². The van der Waals surface area contributed by atoms with Gasteiger partial charge in [-0.3, -0.25) is 14.4 Å². The molecule has 44 heavy (non-hydrogen) atoms. The standard InChI is InChI=1S/C32H41BFN5O4Si/c1-20-27-28(36-37(20)6)30(40)39(22-11-13-26-25(17-22)35-18-38(26)19-41-14-15-44(7,8)9)29(27)23-12-10-21(16-24(23)34)33-42-31(2,3)32(4,5)43-33/h10-13,16-18,29H,14-15,19H2,1-9H3. The van der Waals surface area contributed by atoms with Gasteiger partial charge < -0.3 is 18.6 Å². The average molecular weight is 618 g/mol. The molecule has 0 aliphatic carbocycles. The summed E-state index contributed by atoms with van der Waals surface area (Å²) in [6, 6.07) is 11.1. The molecule has 4 aromatic rings. The fourth-order valence-corrected chi connectivity index (χ4v) is 6.53. The molecule has 2 aromatic carbocycles. The van der Waals surface area contributed by atoms with Gasteiger partial charge in [0.15, 0.2) is 5.69 Å². The molecule has 1 unspecified atom stereocenters. The van der Waals surface area contributed by atoms with Gasteiger partial charge in [0.1, 0.15) is 12.5 Å². The molecule has 4 heterocycles. The van der Waals surface area contributed by atoms with E-state index in [9.17, 15) is 4.79 Å². The smallest absolute Gasteiger partial charge is 0.399 e. The number of hydrogen-bond donors (Lipinski definition) is 0. The van der Waals surface area contributed by atoms with E-state index in [-0.39, 0.29) is 5.91 Å². The van der Waals surface area contributed by atoms with Crippen LogP contribution in [0.2, 0.25) is 25.7 Å². The summed E-state index contributed by atoms with van der Waals surface area (Å²) in [4.78, 5) is 20.1. The third kappa shape index (κ3) is 5.21. The molecule has 0 bridgehead atoms. The van der Waals surface area contributed by atoms with Gasteiger partial charge in [0.25, 0.3) is 5.91 Å². The summed E-state index contributed by atoms with van der Waals surface area (Å²) in [5, 5.41) is 4.52. The number of aryl methyl sites for hydroxylation is 1. The van der Waals surface area contributed by atoms with Crippen LogP contribution < -0.4 is 10.4 Å². The molecule has 2 aliphatic rings. The van der Waals surface area contributed by atoms with Crippen molar-refractivity contribution in [3.63, 3.8) is 0 Å². The Morgan fingerprint density at radius 3 is 2.43 bits per heavy atom. The second kappa shape index (κ2) is 10.6. The average Bonchev–Trinajstić information content (AvgIpc) is 3.61. The van der Waals surface area contributed by atoms with Crippen molar-refractivity contribution in [1.29, 1.82) is 0 Å². The van der Waals surface area contributed by atoms with Crippen LogP contribution in [0.1, 0.15) is 61.0 Å². The van der Waals surface area contributed by atoms with E-state index in [1.807, 2.05) is 63.5 Å². The lowest BCUT2D eigenvalue weighted by Crippen LogP contribution is -2.41. The summed E-state index contributed by atoms with van der Waals surface area (Å²) >= 11 is 0. The number of ether oxygens (including phenoxy) is 1. The minimum atomic E-state index is -1.18. The van der Waals surface area contributed by atoms with Gasteiger partial charge >= 0.3 is 7.12 Å². The molecule has 1 atom stereocenters. The lowest BCUT2D eigenvalue weighted by atomic mass is 9.78. The number of amides is 1. The van der Waals surface area contributed by atoms with Crippen molar-refractivity contribution < 1.29 is 23.2 Å². The number of halogens is 1. The molecule has 6 rings (SSSR count). The number of anilines is 1. The second-order valence-electron chi connectivity index (χ2n) is 14.2. The van der Waals surface area contributed by atoms with Gasteiger partial charge in [-0.1, -0.05) is 31.8 Å². The van der Waals surface area contributed by atoms with E-state index in [4.69, 9.17) is 14.0 Å². The van der Waals surface area contributed by atoms with Gasteiger partial charge in [0.05, 0.1) is 34.6 Å². The molecular formula is C32H41BFN5O4Si. The van der Waals surface area contributed by atoms with Crippen LogP contribution in [-0.2, 0) is 27.8 Å². The lowest BCUT2D eigenvalue weighted by Gasteiger charge is -2.32. The zero-order valence-corrected chi connectivity index (χ0v) is 28.1. The van der Waals surface area contributed by atoms with Gasteiger partial charge in [0.2, 0.25) is 0 Å². The normalized spacial score (nSPS) is 19.4. The fraction of sp³-hybridized carbons (Fsp3) is 0.469. The molecule has 9 nitrogen and oxygen atoms in total. The van der Waals surface area contributed by atoms with E-state index in [0.717, 1.165) is 22.8 Å². The van der Waals surface area contributed by atoms with Crippen LogP contribution in [-0.4, -0.2) is 58.2 Å². The first-order valence-corrected chi connectivity index (χ1v) is 18.8. The SMILES string of the molecule is Cc1c2c(nn1C)C(=O)N(c1ccc3c(c1)ncn3COCC[Si](C)(C)C)C2c1ccc(B2OC(C)(C)C(C)(C)O2)cc1F. The number of benzene rings is 2. The molecule has 0 saturated carbocycles. The van der Waals surface area contributed by atoms with E-state index >= 15 is 4.39 Å². The van der Waals surface area contributed by atoms with Crippen LogP contribution in [0.25, 0.3) is 11.0 Å². The minimum absolute atomic E-state index is 0.281. The second-order valence-corrected chi connectivity index (χ2v) is 19.8. The van der Waals surface area contributed by atoms with E-state index in [0.29, 0.717) is 41.3 Å². The Hall–Kier alpha value is -3.32. The van der Waals surface area contributed by atoms with Gasteiger partial charge in [-0.25, -0.2) is 9.37 Å². The molecule has 2 aliphatic heterocycles. The number of carbonyl (C=O) groups excluding carboxylic acids is 1. The quantitative estimate of drug-likeness (QED) is 0.190. The maximum Gasteiger partial charge on any atom is 0.494 e. The van der Waals surface area contributed by atoms with E-state index in [1.165, 1.54) is 6.07 Å². The Bertz CT molecular complexity index is 1750. The summed E-state index contributed by atoms with van der Waals surface area (Å²) < 4.78 is 38.1. The van der Waals surface area contributed by atoms with Crippen LogP contribution in [0.3, 0.4) is 0 Å². The molecule has 0 radical (unpaired) electrons. The minimum Gasteiger partial charge on any atom is -0.399 e. The van der Waals surface area contributed by atoms with Crippen molar-refractivity contribution in [2.24, 2.45) is 7.05 Å². The highest BCUT2D eigenvalue weighted by atomic mass is 28.3. The van der Waals surface area contributed by atoms with Crippen molar-refractivity contribution in [2.75, 3.05) is 11.5 Å². The Morgan fingerprint density at radius 2 is 1.77 bits per heavy atom. The summed E-state index contributed by atoms with van der Waals surface area (Å²) in [5.74, 6) is -0.728. The van der Waals surface area contributed by atoms with Gasteiger partial charge in [-0.15, -0.1) is 0 Å². The molecule has 1 amide bonds.